The Hall–Kier alpha value is -4.73. The molecule has 0 radical (unpaired) electrons. The van der Waals surface area contributed by atoms with Gasteiger partial charge in [-0.15, -0.1) is 0 Å². The zero-order valence-corrected chi connectivity index (χ0v) is 36.1. The minimum atomic E-state index is -3.03. The van der Waals surface area contributed by atoms with Crippen molar-refractivity contribution in [2.45, 2.75) is 44.8 Å². The summed E-state index contributed by atoms with van der Waals surface area (Å²) in [7, 11) is -2.90. The molecule has 2 amide bonds. The Labute approximate surface area is 354 Å². The summed E-state index contributed by atoms with van der Waals surface area (Å²) in [6, 6.07) is 41.3. The van der Waals surface area contributed by atoms with Crippen molar-refractivity contribution >= 4 is 77.3 Å². The largest absolute Gasteiger partial charge is 0.504 e. The number of nitrogens with zero attached hydrogens (tertiary/aromatic N) is 1. The molecular weight excluding hydrogens is 858 g/mol. The van der Waals surface area contributed by atoms with Crippen LogP contribution in [-0.4, -0.2) is 51.1 Å². The number of hydrogen-bond donors (Lipinski definition) is 3. The van der Waals surface area contributed by atoms with Gasteiger partial charge >= 0.3 is 7.12 Å². The van der Waals surface area contributed by atoms with Gasteiger partial charge in [-0.25, -0.2) is 0 Å². The first-order valence-corrected chi connectivity index (χ1v) is 22.6. The number of carbonyl (C=O) groups is 2. The van der Waals surface area contributed by atoms with Gasteiger partial charge in [0.2, 0.25) is 11.8 Å². The predicted molar refractivity (Wildman–Crippen MR) is 238 cm³/mol. The SMILES string of the molecule is COc1cc([C@@H]2C[C@@H]3C(=C(CO[Si](c4ccccc4)(c4ccccc4)C(C)(C)C)C[C@@H]4C(=O)N(c5ccc(Nc6ccccc6)cc5)C(=O)[C@@H]43)B(O)O2)cc(I)c1O. The number of phenols is 1. The average molecular weight is 905 g/mol. The number of amides is 2. The summed E-state index contributed by atoms with van der Waals surface area (Å²) < 4.78 is 19.9. The number of para-hydroxylation sites is 1. The van der Waals surface area contributed by atoms with Gasteiger partial charge in [0.25, 0.3) is 8.32 Å². The second-order valence-electron chi connectivity index (χ2n) is 16.3. The molecular formula is C46H46BIN2O7Si. The van der Waals surface area contributed by atoms with Crippen LogP contribution in [0.1, 0.15) is 45.3 Å². The molecule has 2 aliphatic heterocycles. The van der Waals surface area contributed by atoms with Crippen LogP contribution in [-0.2, 0) is 18.7 Å². The fourth-order valence-corrected chi connectivity index (χ4v) is 14.5. The number of phenolic OH excluding ortho intramolecular Hbond substituents is 1. The van der Waals surface area contributed by atoms with Crippen LogP contribution in [0.5, 0.6) is 11.5 Å². The first-order chi connectivity index (χ1) is 27.9. The van der Waals surface area contributed by atoms with E-state index in [1.54, 1.807) is 24.3 Å². The van der Waals surface area contributed by atoms with Crippen molar-refractivity contribution in [1.82, 2.24) is 0 Å². The molecule has 58 heavy (non-hydrogen) atoms. The molecule has 3 N–H and O–H groups in total. The van der Waals surface area contributed by atoms with Gasteiger partial charge in [-0.05, 0) is 122 Å². The third-order valence-electron chi connectivity index (χ3n) is 11.9. The Balaban J connectivity index is 1.19. The van der Waals surface area contributed by atoms with Crippen LogP contribution in [0.3, 0.4) is 0 Å². The number of rotatable bonds is 10. The number of fused-ring (bicyclic) bond motifs is 3. The summed E-state index contributed by atoms with van der Waals surface area (Å²) in [5.41, 5.74) is 4.34. The van der Waals surface area contributed by atoms with Crippen molar-refractivity contribution in [1.29, 1.82) is 0 Å². The lowest BCUT2D eigenvalue weighted by molar-refractivity contribution is -0.123. The minimum absolute atomic E-state index is 0.0153. The summed E-state index contributed by atoms with van der Waals surface area (Å²) in [5, 5.41) is 28.0. The molecule has 4 atom stereocenters. The predicted octanol–water partition coefficient (Wildman–Crippen LogP) is 7.93. The minimum Gasteiger partial charge on any atom is -0.504 e. The van der Waals surface area contributed by atoms with Gasteiger partial charge in [0, 0.05) is 11.4 Å². The van der Waals surface area contributed by atoms with Crippen molar-refractivity contribution in [2.24, 2.45) is 17.8 Å². The summed E-state index contributed by atoms with van der Waals surface area (Å²) in [6.45, 7) is 6.79. The molecule has 9 nitrogen and oxygen atoms in total. The summed E-state index contributed by atoms with van der Waals surface area (Å²) >= 11 is 2.04. The molecule has 296 valence electrons. The third kappa shape index (κ3) is 7.19. The smallest absolute Gasteiger partial charge is 0.487 e. The maximum atomic E-state index is 14.7. The Morgan fingerprint density at radius 1 is 0.845 bits per heavy atom. The van der Waals surface area contributed by atoms with Crippen LogP contribution >= 0.6 is 22.6 Å². The lowest BCUT2D eigenvalue weighted by Gasteiger charge is -2.45. The van der Waals surface area contributed by atoms with Crippen LogP contribution in [0.25, 0.3) is 0 Å². The van der Waals surface area contributed by atoms with Crippen molar-refractivity contribution in [3.8, 4) is 11.5 Å². The molecule has 0 saturated carbocycles. The molecule has 2 fully saturated rings. The average Bonchev–Trinajstić information content (AvgIpc) is 3.48. The number of hydrogen-bond acceptors (Lipinski definition) is 8. The monoisotopic (exact) mass is 904 g/mol. The third-order valence-corrected chi connectivity index (χ3v) is 17.7. The number of methoxy groups -OCH3 is 1. The highest BCUT2D eigenvalue weighted by molar-refractivity contribution is 14.1. The van der Waals surface area contributed by atoms with Gasteiger partial charge in [0.1, 0.15) is 0 Å². The number of anilines is 3. The maximum Gasteiger partial charge on any atom is 0.487 e. The molecule has 12 heteroatoms. The Morgan fingerprint density at radius 3 is 2.02 bits per heavy atom. The van der Waals surface area contributed by atoms with Crippen molar-refractivity contribution in [3.05, 3.63) is 148 Å². The normalized spacial score (nSPS) is 20.9. The van der Waals surface area contributed by atoms with Gasteiger partial charge in [-0.2, -0.15) is 0 Å². The summed E-state index contributed by atoms with van der Waals surface area (Å²) in [4.78, 5) is 30.7. The number of imide groups is 1. The quantitative estimate of drug-likeness (QED) is 0.0736. The molecule has 0 bridgehead atoms. The number of nitrogens with one attached hydrogen (secondary N) is 1. The molecule has 3 aliphatic rings. The van der Waals surface area contributed by atoms with Crippen molar-refractivity contribution in [2.75, 3.05) is 23.9 Å². The molecule has 5 aromatic rings. The standard InChI is InChI=1S/C46H46BIN2O7Si/c1-46(2,3)58(34-16-10-6-11-17-34,35-18-12-7-13-19-35)56-28-30-24-37-41(36-27-39(57-47(54)42(30)36)29-25-38(48)43(51)40(26-29)55-4)45(53)50(44(37)52)33-22-20-32(21-23-33)49-31-14-8-5-9-15-31/h5-23,25-26,36-37,39,41,49,51,54H,24,27-28H2,1-4H3/t36-,37-,39-,41+/m0/s1. The highest BCUT2D eigenvalue weighted by Gasteiger charge is 2.59. The Morgan fingerprint density at radius 2 is 1.43 bits per heavy atom. The van der Waals surface area contributed by atoms with Crippen molar-refractivity contribution < 1.29 is 33.5 Å². The van der Waals surface area contributed by atoms with Crippen LogP contribution in [0.2, 0.25) is 5.04 Å². The van der Waals surface area contributed by atoms with E-state index in [0.717, 1.165) is 27.3 Å². The van der Waals surface area contributed by atoms with E-state index < -0.39 is 39.3 Å². The van der Waals surface area contributed by atoms with Gasteiger partial charge < -0.3 is 29.3 Å². The molecule has 2 saturated heterocycles. The van der Waals surface area contributed by atoms with Gasteiger partial charge in [-0.3, -0.25) is 14.5 Å². The molecule has 0 spiro atoms. The molecule has 0 aromatic heterocycles. The number of aromatic hydroxyl groups is 1. The van der Waals surface area contributed by atoms with Crippen LogP contribution in [0.4, 0.5) is 17.1 Å². The number of ether oxygens (including phenoxy) is 1. The first-order valence-electron chi connectivity index (χ1n) is 19.6. The first kappa shape index (κ1) is 40.1. The summed E-state index contributed by atoms with van der Waals surface area (Å²) in [6.07, 6.45) is -0.0726. The molecule has 1 aliphatic carbocycles. The van der Waals surface area contributed by atoms with Crippen LogP contribution < -0.4 is 25.3 Å². The number of benzene rings is 5. The highest BCUT2D eigenvalue weighted by Crippen LogP contribution is 2.53. The van der Waals surface area contributed by atoms with E-state index in [1.807, 2.05) is 101 Å². The number of allylic oxidation sites excluding steroid dienone is 1. The molecule has 2 heterocycles. The van der Waals surface area contributed by atoms with E-state index in [-0.39, 0.29) is 41.4 Å². The molecule has 5 aromatic carbocycles. The van der Waals surface area contributed by atoms with E-state index in [2.05, 4.69) is 50.4 Å². The zero-order valence-electron chi connectivity index (χ0n) is 32.9. The maximum absolute atomic E-state index is 14.7. The van der Waals surface area contributed by atoms with E-state index in [4.69, 9.17) is 13.8 Å². The van der Waals surface area contributed by atoms with Gasteiger partial charge in [-0.1, -0.05) is 99.6 Å². The van der Waals surface area contributed by atoms with E-state index in [0.29, 0.717) is 26.7 Å². The van der Waals surface area contributed by atoms with Crippen molar-refractivity contribution in [3.63, 3.8) is 0 Å². The van der Waals surface area contributed by atoms with E-state index >= 15 is 0 Å². The van der Waals surface area contributed by atoms with E-state index in [1.165, 1.54) is 12.0 Å². The second kappa shape index (κ2) is 16.1. The van der Waals surface area contributed by atoms with E-state index in [9.17, 15) is 19.7 Å². The number of halogens is 1. The fraction of sp³-hybridized carbons (Fsp3) is 0.261. The van der Waals surface area contributed by atoms with Crippen LogP contribution in [0.15, 0.2) is 138 Å². The Bertz CT molecular complexity index is 2300. The van der Waals surface area contributed by atoms with Crippen LogP contribution in [0, 0.1) is 21.3 Å². The highest BCUT2D eigenvalue weighted by atomic mass is 127. The lowest BCUT2D eigenvalue weighted by atomic mass is 9.55. The zero-order chi connectivity index (χ0) is 40.8. The fourth-order valence-electron chi connectivity index (χ4n) is 9.29. The topological polar surface area (TPSA) is 118 Å². The summed E-state index contributed by atoms with van der Waals surface area (Å²) in [5.74, 6) is -2.17. The molecule has 0 unspecified atom stereocenters. The second-order valence-corrected chi connectivity index (χ2v) is 21.7. The Kier molecular flexibility index (Phi) is 11.1. The number of carbonyl (C=O) groups excluding carboxylic acids is 2. The van der Waals surface area contributed by atoms with Gasteiger partial charge in [0.05, 0.1) is 40.9 Å². The molecule has 8 rings (SSSR count). The lowest BCUT2D eigenvalue weighted by Crippen LogP contribution is -2.66. The van der Waals surface area contributed by atoms with Gasteiger partial charge in [0.15, 0.2) is 11.5 Å².